The number of carbonyl (C=O) groups excluding carboxylic acids is 1. The third-order valence-corrected chi connectivity index (χ3v) is 3.72. The van der Waals surface area contributed by atoms with Gasteiger partial charge in [0.1, 0.15) is 5.00 Å². The fraction of sp³-hybridized carbons (Fsp3) is 0.250. The van der Waals surface area contributed by atoms with E-state index < -0.39 is 11.9 Å². The number of carboxylic acids is 1. The Labute approximate surface area is 113 Å². The summed E-state index contributed by atoms with van der Waals surface area (Å²) in [4.78, 5) is 23.9. The number of aromatic carboxylic acids is 1. The lowest BCUT2D eigenvalue weighted by Gasteiger charge is -2.01. The molecule has 0 aliphatic carbocycles. The second-order valence-electron chi connectivity index (χ2n) is 4.00. The Bertz CT molecular complexity index is 630. The maximum absolute atomic E-state index is 11.9. The normalized spacial score (nSPS) is 10.4. The van der Waals surface area contributed by atoms with E-state index in [0.717, 1.165) is 17.0 Å². The smallest absolute Gasteiger partial charge is 0.338 e. The van der Waals surface area contributed by atoms with Gasteiger partial charge in [-0.15, -0.1) is 11.3 Å². The molecule has 0 aliphatic rings. The molecule has 19 heavy (non-hydrogen) atoms. The van der Waals surface area contributed by atoms with Crippen LogP contribution in [0.5, 0.6) is 0 Å². The highest BCUT2D eigenvalue weighted by Crippen LogP contribution is 2.29. The molecule has 2 heterocycles. The summed E-state index contributed by atoms with van der Waals surface area (Å²) in [7, 11) is 0. The summed E-state index contributed by atoms with van der Waals surface area (Å²) < 4.78 is 0. The number of hydrogen-bond acceptors (Lipinski definition) is 4. The Morgan fingerprint density at radius 3 is 2.74 bits per heavy atom. The maximum atomic E-state index is 11.9. The summed E-state index contributed by atoms with van der Waals surface area (Å²) in [5.74, 6) is -1.47. The molecule has 2 aromatic rings. The van der Waals surface area contributed by atoms with E-state index in [9.17, 15) is 9.59 Å². The number of carbonyl (C=O) groups is 2. The molecule has 7 heteroatoms. The molecular formula is C12H13N3O3S. The first-order valence-electron chi connectivity index (χ1n) is 5.70. The maximum Gasteiger partial charge on any atom is 0.338 e. The van der Waals surface area contributed by atoms with Gasteiger partial charge in [0, 0.05) is 10.6 Å². The number of carboxylic acid groups (broad SMARTS) is 1. The van der Waals surface area contributed by atoms with Gasteiger partial charge in [0.15, 0.2) is 5.69 Å². The monoisotopic (exact) mass is 279 g/mol. The number of anilines is 1. The predicted octanol–water partition coefficient (Wildman–Crippen LogP) is 2.29. The molecule has 0 fully saturated rings. The number of rotatable bonds is 4. The molecule has 0 aromatic carbocycles. The first-order chi connectivity index (χ1) is 9.01. The number of nitrogens with one attached hydrogen (secondary N) is 2. The quantitative estimate of drug-likeness (QED) is 0.800. The van der Waals surface area contributed by atoms with Crippen LogP contribution in [0.4, 0.5) is 5.00 Å². The lowest BCUT2D eigenvalue weighted by Crippen LogP contribution is -2.13. The van der Waals surface area contributed by atoms with Crippen LogP contribution in [0.2, 0.25) is 0 Å². The molecule has 0 spiro atoms. The zero-order valence-corrected chi connectivity index (χ0v) is 11.3. The highest BCUT2D eigenvalue weighted by atomic mass is 32.1. The van der Waals surface area contributed by atoms with Crippen molar-refractivity contribution in [3.63, 3.8) is 0 Å². The van der Waals surface area contributed by atoms with Crippen LogP contribution in [0.1, 0.15) is 38.3 Å². The molecule has 0 unspecified atom stereocenters. The van der Waals surface area contributed by atoms with E-state index in [0.29, 0.717) is 5.00 Å². The zero-order chi connectivity index (χ0) is 14.0. The average Bonchev–Trinajstić information content (AvgIpc) is 2.95. The van der Waals surface area contributed by atoms with E-state index in [-0.39, 0.29) is 11.3 Å². The summed E-state index contributed by atoms with van der Waals surface area (Å²) in [6, 6.07) is 3.18. The van der Waals surface area contributed by atoms with Crippen molar-refractivity contribution < 1.29 is 14.7 Å². The molecule has 0 atom stereocenters. The third kappa shape index (κ3) is 2.82. The van der Waals surface area contributed by atoms with Gasteiger partial charge >= 0.3 is 5.97 Å². The topological polar surface area (TPSA) is 95.1 Å². The molecule has 0 saturated carbocycles. The van der Waals surface area contributed by atoms with Crippen molar-refractivity contribution in [2.45, 2.75) is 20.3 Å². The van der Waals surface area contributed by atoms with E-state index >= 15 is 0 Å². The minimum absolute atomic E-state index is 0.113. The van der Waals surface area contributed by atoms with E-state index in [1.807, 2.05) is 6.92 Å². The Hall–Kier alpha value is -2.15. The van der Waals surface area contributed by atoms with Crippen molar-refractivity contribution in [3.8, 4) is 0 Å². The van der Waals surface area contributed by atoms with Gasteiger partial charge in [0.2, 0.25) is 0 Å². The molecular weight excluding hydrogens is 266 g/mol. The Morgan fingerprint density at radius 1 is 1.47 bits per heavy atom. The van der Waals surface area contributed by atoms with Crippen molar-refractivity contribution in [1.82, 2.24) is 10.2 Å². The fourth-order valence-electron chi connectivity index (χ4n) is 1.57. The van der Waals surface area contributed by atoms with E-state index in [4.69, 9.17) is 5.11 Å². The van der Waals surface area contributed by atoms with Crippen LogP contribution in [0.3, 0.4) is 0 Å². The standard InChI is InChI=1S/C12H13N3O3S/c1-3-7-5-8(12(17)18)11(19-7)13-10(16)9-4-6(2)14-15-9/h4-5H,3H2,1-2H3,(H,13,16)(H,14,15)(H,17,18). The summed E-state index contributed by atoms with van der Waals surface area (Å²) in [5, 5.41) is 18.5. The molecule has 6 nitrogen and oxygen atoms in total. The van der Waals surface area contributed by atoms with Crippen molar-refractivity contribution in [2.24, 2.45) is 0 Å². The van der Waals surface area contributed by atoms with Gasteiger partial charge in [-0.2, -0.15) is 5.10 Å². The molecule has 2 aromatic heterocycles. The largest absolute Gasteiger partial charge is 0.478 e. The number of nitrogens with zero attached hydrogens (tertiary/aromatic N) is 1. The number of thiophene rings is 1. The van der Waals surface area contributed by atoms with Gasteiger partial charge in [-0.3, -0.25) is 9.89 Å². The van der Waals surface area contributed by atoms with Gasteiger partial charge in [-0.05, 0) is 25.5 Å². The minimum Gasteiger partial charge on any atom is -0.478 e. The fourth-order valence-corrected chi connectivity index (χ4v) is 2.55. The number of hydrogen-bond donors (Lipinski definition) is 3. The molecule has 0 aliphatic heterocycles. The third-order valence-electron chi connectivity index (χ3n) is 2.53. The highest BCUT2D eigenvalue weighted by molar-refractivity contribution is 7.16. The van der Waals surface area contributed by atoms with Gasteiger partial charge in [-0.1, -0.05) is 6.92 Å². The van der Waals surface area contributed by atoms with Crippen LogP contribution in [0, 0.1) is 6.92 Å². The molecule has 1 amide bonds. The zero-order valence-electron chi connectivity index (χ0n) is 10.5. The Balaban J connectivity index is 2.25. The second kappa shape index (κ2) is 5.23. The first-order valence-corrected chi connectivity index (χ1v) is 6.52. The second-order valence-corrected chi connectivity index (χ2v) is 5.14. The molecule has 3 N–H and O–H groups in total. The first kappa shape index (κ1) is 13.3. The lowest BCUT2D eigenvalue weighted by atomic mass is 10.2. The van der Waals surface area contributed by atoms with E-state index in [2.05, 4.69) is 15.5 Å². The molecule has 100 valence electrons. The van der Waals surface area contributed by atoms with Gasteiger partial charge in [-0.25, -0.2) is 4.79 Å². The minimum atomic E-state index is -1.05. The molecule has 0 bridgehead atoms. The van der Waals surface area contributed by atoms with Gasteiger partial charge in [0.05, 0.1) is 5.56 Å². The van der Waals surface area contributed by atoms with Crippen molar-refractivity contribution in [2.75, 3.05) is 5.32 Å². The van der Waals surface area contributed by atoms with Crippen LogP contribution in [0.25, 0.3) is 0 Å². The number of amides is 1. The summed E-state index contributed by atoms with van der Waals surface area (Å²) >= 11 is 1.27. The van der Waals surface area contributed by atoms with Crippen LogP contribution in [-0.4, -0.2) is 27.2 Å². The summed E-state index contributed by atoms with van der Waals surface area (Å²) in [6.45, 7) is 3.72. The lowest BCUT2D eigenvalue weighted by molar-refractivity contribution is 0.0698. The number of aromatic nitrogens is 2. The van der Waals surface area contributed by atoms with Crippen LogP contribution >= 0.6 is 11.3 Å². The van der Waals surface area contributed by atoms with Crippen molar-refractivity contribution in [1.29, 1.82) is 0 Å². The number of aromatic amines is 1. The van der Waals surface area contributed by atoms with Crippen molar-refractivity contribution >= 4 is 28.2 Å². The summed E-state index contributed by atoms with van der Waals surface area (Å²) in [6.07, 6.45) is 0.725. The average molecular weight is 279 g/mol. The Kier molecular flexibility index (Phi) is 3.66. The highest BCUT2D eigenvalue weighted by Gasteiger charge is 2.18. The number of aryl methyl sites for hydroxylation is 2. The summed E-state index contributed by atoms with van der Waals surface area (Å²) in [5.41, 5.74) is 1.12. The van der Waals surface area contributed by atoms with E-state index in [1.54, 1.807) is 19.1 Å². The SMILES string of the molecule is CCc1cc(C(=O)O)c(NC(=O)c2cc(C)[nH]n2)s1. The van der Waals surface area contributed by atoms with Gasteiger partial charge in [0.25, 0.3) is 5.91 Å². The molecule has 0 radical (unpaired) electrons. The van der Waals surface area contributed by atoms with Crippen molar-refractivity contribution in [3.05, 3.63) is 34.0 Å². The van der Waals surface area contributed by atoms with Crippen LogP contribution < -0.4 is 5.32 Å². The van der Waals surface area contributed by atoms with Gasteiger partial charge < -0.3 is 10.4 Å². The molecule has 0 saturated heterocycles. The predicted molar refractivity (Wildman–Crippen MR) is 71.9 cm³/mol. The van der Waals surface area contributed by atoms with Crippen LogP contribution in [-0.2, 0) is 6.42 Å². The van der Waals surface area contributed by atoms with Crippen LogP contribution in [0.15, 0.2) is 12.1 Å². The van der Waals surface area contributed by atoms with E-state index in [1.165, 1.54) is 11.3 Å². The number of H-pyrrole nitrogens is 1. The Morgan fingerprint density at radius 2 is 2.21 bits per heavy atom. The molecule has 2 rings (SSSR count).